The number of aromatic hydroxyl groups is 1. The second kappa shape index (κ2) is 11.5. The normalized spacial score (nSPS) is 23.3. The number of nitrogens with one attached hydrogen (secondary N) is 1. The molecule has 46 heavy (non-hydrogen) atoms. The van der Waals surface area contributed by atoms with Crippen LogP contribution in [-0.4, -0.2) is 71.4 Å². The molecule has 0 saturated carbocycles. The Labute approximate surface area is 266 Å². The summed E-state index contributed by atoms with van der Waals surface area (Å²) >= 11 is 0. The lowest BCUT2D eigenvalue weighted by molar-refractivity contribution is 0.0998. The first-order valence-electron chi connectivity index (χ1n) is 15.7. The van der Waals surface area contributed by atoms with Crippen molar-refractivity contribution >= 4 is 27.5 Å². The zero-order valence-electron chi connectivity index (χ0n) is 26.0. The van der Waals surface area contributed by atoms with Gasteiger partial charge in [-0.25, -0.2) is 13.2 Å². The van der Waals surface area contributed by atoms with Gasteiger partial charge in [-0.3, -0.25) is 0 Å². The minimum absolute atomic E-state index is 0.0244. The Morgan fingerprint density at radius 3 is 2.61 bits per heavy atom. The zero-order chi connectivity index (χ0) is 32.3. The summed E-state index contributed by atoms with van der Waals surface area (Å²) in [7, 11) is 0. The van der Waals surface area contributed by atoms with E-state index in [9.17, 15) is 9.50 Å². The Morgan fingerprint density at radius 2 is 1.89 bits per heavy atom. The molecule has 0 unspecified atom stereocenters. The largest absolute Gasteiger partial charge is 0.508 e. The number of anilines is 1. The van der Waals surface area contributed by atoms with E-state index >= 15 is 8.78 Å². The number of piperazine rings is 1. The number of piperidine rings is 1. The standard InChI is InChI=1S/C36H36F3N5O2/c1-5-25-28(37)10-7-21-13-24(45)14-26(30(21)25)31-29(38)15-27-33(32(31)39)41-35(42-34(27)44-16-22-8-9-23(17-44)40-22)46-19-36(4)18-43(6-2)12-11-20(36)3/h1,7,10,13-15,22-23,40,45H,3,6,8-9,11-12,16-19H2,2,4H3/t22-,23+,36-/m0/s1. The maximum absolute atomic E-state index is 16.9. The Balaban J connectivity index is 1.40. The third-order valence-corrected chi connectivity index (χ3v) is 9.95. The van der Waals surface area contributed by atoms with Crippen LogP contribution in [0.15, 0.2) is 42.5 Å². The highest BCUT2D eigenvalue weighted by Crippen LogP contribution is 2.42. The Kier molecular flexibility index (Phi) is 7.57. The average Bonchev–Trinajstić information content (AvgIpc) is 3.38. The fourth-order valence-electron chi connectivity index (χ4n) is 7.37. The van der Waals surface area contributed by atoms with E-state index < -0.39 is 23.0 Å². The van der Waals surface area contributed by atoms with Gasteiger partial charge in [0.05, 0.1) is 11.1 Å². The fraction of sp³-hybridized carbons (Fsp3) is 0.389. The number of phenols is 1. The fourth-order valence-corrected chi connectivity index (χ4v) is 7.37. The highest BCUT2D eigenvalue weighted by atomic mass is 19.1. The lowest BCUT2D eigenvalue weighted by Crippen LogP contribution is -2.51. The molecular formula is C36H36F3N5O2. The summed E-state index contributed by atoms with van der Waals surface area (Å²) in [6.45, 7) is 12.6. The Morgan fingerprint density at radius 1 is 1.13 bits per heavy atom. The number of rotatable bonds is 6. The molecule has 2 N–H and O–H groups in total. The van der Waals surface area contributed by atoms with E-state index in [1.165, 1.54) is 30.3 Å². The number of likely N-dealkylation sites (tertiary alicyclic amines) is 1. The van der Waals surface area contributed by atoms with Crippen LogP contribution in [0, 0.1) is 35.2 Å². The minimum Gasteiger partial charge on any atom is -0.508 e. The number of terminal acetylenes is 1. The van der Waals surface area contributed by atoms with Gasteiger partial charge in [0.1, 0.15) is 35.3 Å². The van der Waals surface area contributed by atoms with Gasteiger partial charge in [0, 0.05) is 60.0 Å². The van der Waals surface area contributed by atoms with E-state index in [-0.39, 0.29) is 63.3 Å². The number of hydrogen-bond donors (Lipinski definition) is 2. The zero-order valence-corrected chi connectivity index (χ0v) is 26.0. The van der Waals surface area contributed by atoms with Crippen molar-refractivity contribution in [3.05, 3.63) is 65.5 Å². The molecule has 3 fully saturated rings. The van der Waals surface area contributed by atoms with Crippen molar-refractivity contribution in [1.82, 2.24) is 20.2 Å². The molecule has 3 aromatic carbocycles. The third-order valence-electron chi connectivity index (χ3n) is 9.95. The van der Waals surface area contributed by atoms with Crippen LogP contribution in [0.3, 0.4) is 0 Å². The maximum Gasteiger partial charge on any atom is 0.319 e. The molecule has 1 aromatic heterocycles. The quantitative estimate of drug-likeness (QED) is 0.196. The Bertz CT molecular complexity index is 1930. The van der Waals surface area contributed by atoms with Crippen LogP contribution in [0.4, 0.5) is 19.0 Å². The van der Waals surface area contributed by atoms with Crippen molar-refractivity contribution in [1.29, 1.82) is 0 Å². The summed E-state index contributed by atoms with van der Waals surface area (Å²) in [6, 6.07) is 6.81. The van der Waals surface area contributed by atoms with Crippen LogP contribution in [-0.2, 0) is 0 Å². The maximum atomic E-state index is 16.9. The third kappa shape index (κ3) is 5.12. The van der Waals surface area contributed by atoms with Crippen molar-refractivity contribution in [3.63, 3.8) is 0 Å². The molecule has 0 radical (unpaired) electrons. The Hall–Kier alpha value is -4.33. The van der Waals surface area contributed by atoms with Crippen LogP contribution in [0.1, 0.15) is 38.7 Å². The van der Waals surface area contributed by atoms with Gasteiger partial charge in [-0.2, -0.15) is 9.97 Å². The lowest BCUT2D eigenvalue weighted by Gasteiger charge is -2.41. The summed E-state index contributed by atoms with van der Waals surface area (Å²) in [5, 5.41) is 14.8. The van der Waals surface area contributed by atoms with Gasteiger partial charge in [0.25, 0.3) is 0 Å². The number of halogens is 3. The second-order valence-corrected chi connectivity index (χ2v) is 13.0. The number of hydrogen-bond acceptors (Lipinski definition) is 7. The van der Waals surface area contributed by atoms with Crippen molar-refractivity contribution in [2.75, 3.05) is 44.2 Å². The number of aromatic nitrogens is 2. The summed E-state index contributed by atoms with van der Waals surface area (Å²) in [6.07, 6.45) is 8.51. The highest BCUT2D eigenvalue weighted by Gasteiger charge is 2.37. The molecule has 2 bridgehead atoms. The molecule has 4 aromatic rings. The number of benzene rings is 3. The van der Waals surface area contributed by atoms with E-state index in [1.807, 2.05) is 4.90 Å². The van der Waals surface area contributed by atoms with Gasteiger partial charge in [-0.1, -0.05) is 38.0 Å². The summed E-state index contributed by atoms with van der Waals surface area (Å²) < 4.78 is 54.2. The first kappa shape index (κ1) is 30.3. The molecule has 4 heterocycles. The number of phenolic OH excluding ortho intramolecular Hbond substituents is 1. The molecule has 7 rings (SSSR count). The summed E-state index contributed by atoms with van der Waals surface area (Å²) in [5.74, 6) is -0.149. The molecule has 10 heteroatoms. The molecule has 238 valence electrons. The number of fused-ring (bicyclic) bond motifs is 4. The molecule has 3 saturated heterocycles. The average molecular weight is 628 g/mol. The first-order chi connectivity index (χ1) is 22.1. The van der Waals surface area contributed by atoms with Crippen molar-refractivity contribution in [3.8, 4) is 35.2 Å². The minimum atomic E-state index is -0.980. The van der Waals surface area contributed by atoms with Gasteiger partial charge in [-0.05, 0) is 55.5 Å². The molecule has 3 aliphatic rings. The van der Waals surface area contributed by atoms with E-state index in [2.05, 4.69) is 41.5 Å². The predicted molar refractivity (Wildman–Crippen MR) is 174 cm³/mol. The van der Waals surface area contributed by atoms with E-state index in [4.69, 9.17) is 16.1 Å². The van der Waals surface area contributed by atoms with Crippen molar-refractivity contribution in [2.45, 2.75) is 45.2 Å². The molecule has 3 atom stereocenters. The van der Waals surface area contributed by atoms with Crippen LogP contribution >= 0.6 is 0 Å². The van der Waals surface area contributed by atoms with Crippen LogP contribution < -0.4 is 15.0 Å². The predicted octanol–water partition coefficient (Wildman–Crippen LogP) is 6.16. The van der Waals surface area contributed by atoms with Crippen LogP contribution in [0.25, 0.3) is 32.8 Å². The topological polar surface area (TPSA) is 73.8 Å². The second-order valence-electron chi connectivity index (χ2n) is 13.0. The van der Waals surface area contributed by atoms with Gasteiger partial charge in [0.15, 0.2) is 5.82 Å². The highest BCUT2D eigenvalue weighted by molar-refractivity contribution is 6.04. The van der Waals surface area contributed by atoms with Crippen LogP contribution in [0.5, 0.6) is 11.8 Å². The van der Waals surface area contributed by atoms with Crippen LogP contribution in [0.2, 0.25) is 0 Å². The molecule has 7 nitrogen and oxygen atoms in total. The number of nitrogens with zero attached hydrogens (tertiary/aromatic N) is 4. The summed E-state index contributed by atoms with van der Waals surface area (Å²) in [5.41, 5.74) is -0.147. The van der Waals surface area contributed by atoms with Crippen molar-refractivity contribution in [2.24, 2.45) is 5.41 Å². The first-order valence-corrected chi connectivity index (χ1v) is 15.7. The monoisotopic (exact) mass is 627 g/mol. The van der Waals surface area contributed by atoms with E-state index in [0.717, 1.165) is 44.5 Å². The molecule has 0 amide bonds. The van der Waals surface area contributed by atoms with Gasteiger partial charge in [-0.15, -0.1) is 6.42 Å². The summed E-state index contributed by atoms with van der Waals surface area (Å²) in [4.78, 5) is 13.7. The van der Waals surface area contributed by atoms with E-state index in [0.29, 0.717) is 24.3 Å². The molecule has 0 spiro atoms. The molecule has 3 aliphatic heterocycles. The van der Waals surface area contributed by atoms with Crippen molar-refractivity contribution < 1.29 is 23.0 Å². The molecule has 0 aliphatic carbocycles. The van der Waals surface area contributed by atoms with Gasteiger partial charge < -0.3 is 25.0 Å². The van der Waals surface area contributed by atoms with E-state index in [1.54, 1.807) is 0 Å². The van der Waals surface area contributed by atoms with Gasteiger partial charge in [0.2, 0.25) is 0 Å². The smallest absolute Gasteiger partial charge is 0.319 e. The SMILES string of the molecule is C#Cc1c(F)ccc2cc(O)cc(-c3c(F)cc4c(N5C[C@H]6CC[C@@H](C5)N6)nc(OC[C@]5(C)CN(CC)CCC5=C)nc4c3F)c12. The van der Waals surface area contributed by atoms with Gasteiger partial charge >= 0.3 is 6.01 Å². The lowest BCUT2D eigenvalue weighted by atomic mass is 9.78. The number of ether oxygens (including phenoxy) is 1. The molecular weight excluding hydrogens is 591 g/mol.